The Kier molecular flexibility index (Phi) is 28.2. The number of sulfonamides is 1. The number of rotatable bonds is 38. The first kappa shape index (κ1) is 51.0. The smallest absolute Gasteiger partial charge is 0.329 e. The molecule has 5 N–H and O–H groups in total. The van der Waals surface area contributed by atoms with Crippen molar-refractivity contribution in [2.24, 2.45) is 0 Å². The number of unbranched alkanes of at least 4 members (excludes halogenated alkanes) is 14. The Bertz CT molecular complexity index is 1560. The van der Waals surface area contributed by atoms with Gasteiger partial charge in [0.05, 0.1) is 50.1 Å². The SMILES string of the molecule is O=C(O)CCCCCCCCCCCCCCCCCc1ccc(S(=O)(=O)Nc2ccc(C(=O)NCCOCCOCC(=O)NCCOCCOCC(=O)O)cn2)cc1. The van der Waals surface area contributed by atoms with Gasteiger partial charge in [0.1, 0.15) is 19.0 Å². The summed E-state index contributed by atoms with van der Waals surface area (Å²) in [6, 6.07) is 9.80. The summed E-state index contributed by atoms with van der Waals surface area (Å²) in [7, 11) is -3.86. The van der Waals surface area contributed by atoms with Crippen LogP contribution >= 0.6 is 0 Å². The molecule has 2 rings (SSSR count). The average Bonchev–Trinajstić information content (AvgIpc) is 3.21. The summed E-state index contributed by atoms with van der Waals surface area (Å²) >= 11 is 0. The highest BCUT2D eigenvalue weighted by Crippen LogP contribution is 2.18. The number of aromatic nitrogens is 1. The molecule has 2 aromatic rings. The Labute approximate surface area is 349 Å². The van der Waals surface area contributed by atoms with Gasteiger partial charge in [-0.3, -0.25) is 19.1 Å². The zero-order chi connectivity index (χ0) is 42.8. The third-order valence-corrected chi connectivity index (χ3v) is 10.5. The molecule has 2 amide bonds. The number of carbonyl (C=O) groups is 4. The maximum atomic E-state index is 13.0. The maximum absolute atomic E-state index is 13.0. The predicted molar refractivity (Wildman–Crippen MR) is 223 cm³/mol. The van der Waals surface area contributed by atoms with E-state index >= 15 is 0 Å². The van der Waals surface area contributed by atoms with Crippen molar-refractivity contribution in [2.45, 2.75) is 114 Å². The monoisotopic (exact) mass is 850 g/mol. The number of hydrogen-bond donors (Lipinski definition) is 5. The first-order valence-corrected chi connectivity index (χ1v) is 22.4. The van der Waals surface area contributed by atoms with Crippen LogP contribution in [0.25, 0.3) is 0 Å². The molecule has 0 bridgehead atoms. The first-order chi connectivity index (χ1) is 28.6. The van der Waals surface area contributed by atoms with Crippen molar-refractivity contribution in [1.82, 2.24) is 15.6 Å². The fourth-order valence-corrected chi connectivity index (χ4v) is 6.95. The number of anilines is 1. The summed E-state index contributed by atoms with van der Waals surface area (Å²) in [5.74, 6) is -2.37. The van der Waals surface area contributed by atoms with Crippen LogP contribution in [0.4, 0.5) is 5.82 Å². The number of carboxylic acids is 2. The van der Waals surface area contributed by atoms with Crippen LogP contribution in [0, 0.1) is 0 Å². The van der Waals surface area contributed by atoms with Gasteiger partial charge < -0.3 is 39.8 Å². The topological polar surface area (TPSA) is 229 Å². The Hall–Kier alpha value is -4.16. The molecule has 0 fully saturated rings. The molecule has 1 heterocycles. The number of nitrogens with one attached hydrogen (secondary N) is 3. The molecule has 0 aliphatic carbocycles. The van der Waals surface area contributed by atoms with Crippen molar-refractivity contribution in [3.63, 3.8) is 0 Å². The minimum Gasteiger partial charge on any atom is -0.481 e. The Morgan fingerprint density at radius 1 is 0.559 bits per heavy atom. The van der Waals surface area contributed by atoms with Crippen LogP contribution in [0.3, 0.4) is 0 Å². The van der Waals surface area contributed by atoms with E-state index < -0.39 is 27.9 Å². The lowest BCUT2D eigenvalue weighted by molar-refractivity contribution is -0.143. The molecule has 17 heteroatoms. The van der Waals surface area contributed by atoms with Gasteiger partial charge in [0.2, 0.25) is 5.91 Å². The van der Waals surface area contributed by atoms with E-state index in [2.05, 4.69) is 20.3 Å². The van der Waals surface area contributed by atoms with Gasteiger partial charge in [-0.05, 0) is 49.1 Å². The number of nitrogens with zero attached hydrogens (tertiary/aromatic N) is 1. The fraction of sp³-hybridized carbons (Fsp3) is 0.643. The molecule has 1 aromatic carbocycles. The van der Waals surface area contributed by atoms with Crippen LogP contribution in [-0.2, 0) is 49.8 Å². The van der Waals surface area contributed by atoms with Gasteiger partial charge in [0.25, 0.3) is 15.9 Å². The second-order valence-electron chi connectivity index (χ2n) is 14.2. The Balaban J connectivity index is 1.48. The quantitative estimate of drug-likeness (QED) is 0.0508. The lowest BCUT2D eigenvalue weighted by Crippen LogP contribution is -2.31. The summed E-state index contributed by atoms with van der Waals surface area (Å²) in [4.78, 5) is 49.3. The average molecular weight is 851 g/mol. The van der Waals surface area contributed by atoms with E-state index in [1.54, 1.807) is 12.1 Å². The van der Waals surface area contributed by atoms with Crippen LogP contribution in [0.15, 0.2) is 47.5 Å². The first-order valence-electron chi connectivity index (χ1n) is 20.9. The number of amides is 2. The van der Waals surface area contributed by atoms with E-state index in [1.165, 1.54) is 82.5 Å². The number of pyridine rings is 1. The van der Waals surface area contributed by atoms with Crippen LogP contribution in [-0.4, -0.2) is 113 Å². The minimum absolute atomic E-state index is 0.0920. The normalized spacial score (nSPS) is 11.3. The summed E-state index contributed by atoms with van der Waals surface area (Å²) in [6.07, 6.45) is 20.3. The highest BCUT2D eigenvalue weighted by molar-refractivity contribution is 7.92. The molecule has 0 radical (unpaired) electrons. The standard InChI is InChI=1S/C42H66N4O12S/c47-39(43-24-26-55-29-31-58-34-41(50)51)33-57-30-28-56-27-25-44-42(52)36-20-23-38(45-32-36)46-59(53,54)37-21-18-35(19-22-37)16-14-12-10-8-6-4-2-1-3-5-7-9-11-13-15-17-40(48)49/h18-23,32H,1-17,24-31,33-34H2,(H,43,47)(H,44,52)(H,45,46)(H,48,49)(H,50,51). The molecule has 0 aliphatic rings. The van der Waals surface area contributed by atoms with E-state index in [0.29, 0.717) is 6.42 Å². The predicted octanol–water partition coefficient (Wildman–Crippen LogP) is 5.75. The van der Waals surface area contributed by atoms with Gasteiger partial charge in [-0.2, -0.15) is 0 Å². The van der Waals surface area contributed by atoms with Crippen molar-refractivity contribution in [3.8, 4) is 0 Å². The molecule has 1 aromatic heterocycles. The van der Waals surface area contributed by atoms with Crippen molar-refractivity contribution < 1.29 is 56.8 Å². The minimum atomic E-state index is -3.86. The third kappa shape index (κ3) is 27.3. The number of ether oxygens (including phenoxy) is 4. The molecule has 0 aliphatic heterocycles. The second kappa shape index (κ2) is 32.7. The number of carboxylic acid groups (broad SMARTS) is 2. The number of carbonyl (C=O) groups excluding carboxylic acids is 2. The molecule has 0 unspecified atom stereocenters. The molecular weight excluding hydrogens is 785 g/mol. The van der Waals surface area contributed by atoms with E-state index in [1.807, 2.05) is 12.1 Å². The molecule has 0 spiro atoms. The highest BCUT2D eigenvalue weighted by atomic mass is 32.2. The zero-order valence-corrected chi connectivity index (χ0v) is 35.3. The molecule has 332 valence electrons. The van der Waals surface area contributed by atoms with Crippen LogP contribution in [0.2, 0.25) is 0 Å². The molecule has 0 atom stereocenters. The molecular formula is C42H66N4O12S. The van der Waals surface area contributed by atoms with E-state index in [9.17, 15) is 27.6 Å². The van der Waals surface area contributed by atoms with Gasteiger partial charge in [-0.15, -0.1) is 0 Å². The van der Waals surface area contributed by atoms with Crippen LogP contribution < -0.4 is 15.4 Å². The second-order valence-corrected chi connectivity index (χ2v) is 15.9. The van der Waals surface area contributed by atoms with Crippen molar-refractivity contribution in [3.05, 3.63) is 53.7 Å². The summed E-state index contributed by atoms with van der Waals surface area (Å²) in [6.45, 7) is 1.17. The third-order valence-electron chi connectivity index (χ3n) is 9.16. The van der Waals surface area contributed by atoms with Crippen LogP contribution in [0.1, 0.15) is 119 Å². The maximum Gasteiger partial charge on any atom is 0.329 e. The van der Waals surface area contributed by atoms with Crippen molar-refractivity contribution in [2.75, 3.05) is 70.7 Å². The number of benzene rings is 1. The van der Waals surface area contributed by atoms with E-state index in [-0.39, 0.29) is 88.1 Å². The number of hydrogen-bond acceptors (Lipinski definition) is 11. The van der Waals surface area contributed by atoms with Crippen molar-refractivity contribution >= 4 is 39.6 Å². The summed E-state index contributed by atoms with van der Waals surface area (Å²) < 4.78 is 49.1. The summed E-state index contributed by atoms with van der Waals surface area (Å²) in [5.41, 5.74) is 1.35. The van der Waals surface area contributed by atoms with Gasteiger partial charge in [0, 0.05) is 25.7 Å². The van der Waals surface area contributed by atoms with Gasteiger partial charge in [0.15, 0.2) is 0 Å². The molecule has 59 heavy (non-hydrogen) atoms. The Morgan fingerprint density at radius 3 is 1.59 bits per heavy atom. The highest BCUT2D eigenvalue weighted by Gasteiger charge is 2.15. The molecule has 16 nitrogen and oxygen atoms in total. The summed E-state index contributed by atoms with van der Waals surface area (Å²) in [5, 5.41) is 22.4. The number of aryl methyl sites for hydroxylation is 1. The lowest BCUT2D eigenvalue weighted by Gasteiger charge is -2.10. The van der Waals surface area contributed by atoms with E-state index in [4.69, 9.17) is 29.2 Å². The van der Waals surface area contributed by atoms with E-state index in [0.717, 1.165) is 44.1 Å². The Morgan fingerprint density at radius 2 is 1.07 bits per heavy atom. The molecule has 0 saturated heterocycles. The lowest BCUT2D eigenvalue weighted by atomic mass is 10.0. The van der Waals surface area contributed by atoms with Gasteiger partial charge >= 0.3 is 11.9 Å². The zero-order valence-electron chi connectivity index (χ0n) is 34.5. The van der Waals surface area contributed by atoms with Gasteiger partial charge in [-0.25, -0.2) is 18.2 Å². The van der Waals surface area contributed by atoms with Gasteiger partial charge in [-0.1, -0.05) is 95.6 Å². The largest absolute Gasteiger partial charge is 0.481 e. The van der Waals surface area contributed by atoms with Crippen LogP contribution in [0.5, 0.6) is 0 Å². The number of aliphatic carboxylic acids is 2. The van der Waals surface area contributed by atoms with Crippen molar-refractivity contribution in [1.29, 1.82) is 0 Å². The fourth-order valence-electron chi connectivity index (χ4n) is 5.94. The molecule has 0 saturated carbocycles.